The minimum atomic E-state index is -0.424. The van der Waals surface area contributed by atoms with Gasteiger partial charge in [-0.05, 0) is 17.7 Å². The van der Waals surface area contributed by atoms with Crippen LogP contribution in [0.5, 0.6) is 0 Å². The van der Waals surface area contributed by atoms with E-state index in [1.165, 1.54) is 15.5 Å². The Morgan fingerprint density at radius 1 is 1.22 bits per heavy atom. The zero-order valence-corrected chi connectivity index (χ0v) is 13.7. The van der Waals surface area contributed by atoms with Crippen molar-refractivity contribution >= 4 is 23.6 Å². The molecule has 0 N–H and O–H groups in total. The fraction of sp³-hybridized carbons (Fsp3) is 0.267. The molecule has 0 aliphatic heterocycles. The molecule has 23 heavy (non-hydrogen) atoms. The molecule has 0 unspecified atom stereocenters. The molecule has 0 saturated carbocycles. The zero-order chi connectivity index (χ0) is 16.6. The van der Waals surface area contributed by atoms with Gasteiger partial charge in [0.05, 0.1) is 6.21 Å². The number of hydrogen-bond acceptors (Lipinski definition) is 5. The van der Waals surface area contributed by atoms with E-state index in [0.29, 0.717) is 10.7 Å². The van der Waals surface area contributed by atoms with E-state index in [1.54, 1.807) is 18.3 Å². The molecule has 2 aromatic heterocycles. The van der Waals surface area contributed by atoms with Crippen LogP contribution in [0.15, 0.2) is 40.5 Å². The second kappa shape index (κ2) is 5.58. The molecule has 3 rings (SSSR count). The first-order valence-corrected chi connectivity index (χ1v) is 7.37. The summed E-state index contributed by atoms with van der Waals surface area (Å²) in [5.41, 5.74) is 0.460. The van der Waals surface area contributed by atoms with Crippen molar-refractivity contribution in [3.8, 4) is 0 Å². The summed E-state index contributed by atoms with van der Waals surface area (Å²) < 4.78 is 2.65. The van der Waals surface area contributed by atoms with Gasteiger partial charge < -0.3 is 0 Å². The first kappa shape index (κ1) is 15.4. The third-order valence-electron chi connectivity index (χ3n) is 3.21. The number of benzene rings is 1. The normalized spacial score (nSPS) is 12.3. The molecule has 0 radical (unpaired) electrons. The highest BCUT2D eigenvalue weighted by Crippen LogP contribution is 2.16. The molecule has 0 amide bonds. The first-order chi connectivity index (χ1) is 10.9. The molecule has 3 aromatic rings. The molecule has 0 bridgehead atoms. The third-order valence-corrected chi connectivity index (χ3v) is 3.46. The van der Waals surface area contributed by atoms with Crippen LogP contribution in [-0.4, -0.2) is 30.7 Å². The topological polar surface area (TPSA) is 77.4 Å². The quantitative estimate of drug-likeness (QED) is 0.674. The van der Waals surface area contributed by atoms with Crippen LogP contribution >= 0.6 is 11.6 Å². The van der Waals surface area contributed by atoms with E-state index in [1.807, 2.05) is 32.9 Å². The predicted octanol–water partition coefficient (Wildman–Crippen LogP) is 2.12. The molecule has 1 aromatic carbocycles. The number of aromatic nitrogens is 5. The van der Waals surface area contributed by atoms with Crippen molar-refractivity contribution in [1.29, 1.82) is 0 Å². The maximum atomic E-state index is 12.7. The van der Waals surface area contributed by atoms with Crippen LogP contribution in [0.3, 0.4) is 0 Å². The van der Waals surface area contributed by atoms with E-state index in [0.717, 1.165) is 5.56 Å². The standard InChI is InChI=1S/C15H15ClN6O/c1-15(2,3)12-13(23)22(14-19-17-9-21(14)20-12)18-8-10-4-6-11(16)7-5-10/h4-9H,1-3H3. The monoisotopic (exact) mass is 330 g/mol. The average molecular weight is 331 g/mol. The summed E-state index contributed by atoms with van der Waals surface area (Å²) >= 11 is 5.86. The van der Waals surface area contributed by atoms with Crippen LogP contribution in [0.1, 0.15) is 32.0 Å². The Bertz CT molecular complexity index is 933. The summed E-state index contributed by atoms with van der Waals surface area (Å²) in [6, 6.07) is 7.13. The van der Waals surface area contributed by atoms with Gasteiger partial charge in [-0.2, -0.15) is 19.4 Å². The van der Waals surface area contributed by atoms with Gasteiger partial charge in [-0.25, -0.2) is 0 Å². The van der Waals surface area contributed by atoms with Crippen molar-refractivity contribution in [3.05, 3.63) is 57.2 Å². The van der Waals surface area contributed by atoms with Gasteiger partial charge in [-0.1, -0.05) is 44.5 Å². The minimum Gasteiger partial charge on any atom is -0.265 e. The Kier molecular flexibility index (Phi) is 3.73. The van der Waals surface area contributed by atoms with Crippen LogP contribution in [0.25, 0.3) is 5.78 Å². The number of hydrogen-bond donors (Lipinski definition) is 0. The molecule has 7 nitrogen and oxygen atoms in total. The Balaban J connectivity index is 2.16. The van der Waals surface area contributed by atoms with Crippen molar-refractivity contribution in [2.75, 3.05) is 0 Å². The van der Waals surface area contributed by atoms with E-state index in [9.17, 15) is 4.79 Å². The molecule has 0 aliphatic rings. The fourth-order valence-corrected chi connectivity index (χ4v) is 2.15. The molecular weight excluding hydrogens is 316 g/mol. The van der Waals surface area contributed by atoms with Crippen LogP contribution in [0.2, 0.25) is 5.02 Å². The highest BCUT2D eigenvalue weighted by Gasteiger charge is 2.23. The zero-order valence-electron chi connectivity index (χ0n) is 12.9. The summed E-state index contributed by atoms with van der Waals surface area (Å²) in [6.07, 6.45) is 3.01. The number of nitrogens with zero attached hydrogens (tertiary/aromatic N) is 6. The lowest BCUT2D eigenvalue weighted by Crippen LogP contribution is -2.33. The van der Waals surface area contributed by atoms with E-state index >= 15 is 0 Å². The molecule has 0 spiro atoms. The van der Waals surface area contributed by atoms with Crippen molar-refractivity contribution < 1.29 is 0 Å². The van der Waals surface area contributed by atoms with Crippen molar-refractivity contribution in [2.45, 2.75) is 26.2 Å². The van der Waals surface area contributed by atoms with Gasteiger partial charge in [0.2, 0.25) is 0 Å². The summed E-state index contributed by atoms with van der Waals surface area (Å²) in [6.45, 7) is 5.75. The first-order valence-electron chi connectivity index (χ1n) is 7.00. The van der Waals surface area contributed by atoms with E-state index in [4.69, 9.17) is 11.6 Å². The summed E-state index contributed by atoms with van der Waals surface area (Å²) in [7, 11) is 0. The Morgan fingerprint density at radius 3 is 2.57 bits per heavy atom. The van der Waals surface area contributed by atoms with Gasteiger partial charge >= 0.3 is 0 Å². The summed E-state index contributed by atoms with van der Waals surface area (Å²) in [4.78, 5) is 12.7. The minimum absolute atomic E-state index is 0.258. The highest BCUT2D eigenvalue weighted by atomic mass is 35.5. The molecule has 2 heterocycles. The van der Waals surface area contributed by atoms with Crippen molar-refractivity contribution in [1.82, 2.24) is 24.5 Å². The second-order valence-corrected chi connectivity index (χ2v) is 6.52. The highest BCUT2D eigenvalue weighted by molar-refractivity contribution is 6.30. The third kappa shape index (κ3) is 3.00. The largest absolute Gasteiger partial charge is 0.298 e. The number of rotatable bonds is 2. The van der Waals surface area contributed by atoms with Gasteiger partial charge in [0, 0.05) is 10.4 Å². The van der Waals surface area contributed by atoms with Crippen LogP contribution in [-0.2, 0) is 5.41 Å². The van der Waals surface area contributed by atoms with Crippen molar-refractivity contribution in [2.24, 2.45) is 5.10 Å². The van der Waals surface area contributed by atoms with Crippen LogP contribution in [0, 0.1) is 0 Å². The van der Waals surface area contributed by atoms with Gasteiger partial charge in [0.15, 0.2) is 0 Å². The fourth-order valence-electron chi connectivity index (χ4n) is 2.02. The molecule has 0 saturated heterocycles. The second-order valence-electron chi connectivity index (χ2n) is 6.09. The molecule has 0 atom stereocenters. The molecule has 0 fully saturated rings. The smallest absolute Gasteiger partial charge is 0.265 e. The Labute approximate surface area is 137 Å². The maximum absolute atomic E-state index is 12.7. The maximum Gasteiger partial charge on any atom is 0.298 e. The van der Waals surface area contributed by atoms with Gasteiger partial charge in [0.25, 0.3) is 11.3 Å². The molecule has 118 valence electrons. The molecule has 0 aliphatic carbocycles. The van der Waals surface area contributed by atoms with E-state index in [2.05, 4.69) is 20.4 Å². The van der Waals surface area contributed by atoms with Gasteiger partial charge in [-0.3, -0.25) is 4.79 Å². The Hall–Kier alpha value is -2.54. The van der Waals surface area contributed by atoms with E-state index in [-0.39, 0.29) is 11.3 Å². The summed E-state index contributed by atoms with van der Waals surface area (Å²) in [5, 5.41) is 16.9. The lowest BCUT2D eigenvalue weighted by Gasteiger charge is -2.16. The van der Waals surface area contributed by atoms with Gasteiger partial charge in [-0.15, -0.1) is 10.2 Å². The van der Waals surface area contributed by atoms with E-state index < -0.39 is 5.41 Å². The van der Waals surface area contributed by atoms with Crippen LogP contribution in [0.4, 0.5) is 0 Å². The number of fused-ring (bicyclic) bond motifs is 1. The lowest BCUT2D eigenvalue weighted by atomic mass is 9.93. The Morgan fingerprint density at radius 2 is 1.91 bits per heavy atom. The lowest BCUT2D eigenvalue weighted by molar-refractivity contribution is 0.529. The SMILES string of the molecule is CC(C)(C)c1nn2cnnc2n(N=Cc2ccc(Cl)cc2)c1=O. The van der Waals surface area contributed by atoms with Crippen molar-refractivity contribution in [3.63, 3.8) is 0 Å². The predicted molar refractivity (Wildman–Crippen MR) is 88.2 cm³/mol. The molecular formula is C15H15ClN6O. The van der Waals surface area contributed by atoms with Crippen LogP contribution < -0.4 is 5.56 Å². The molecule has 8 heteroatoms. The summed E-state index contributed by atoms with van der Waals surface area (Å²) in [5.74, 6) is 0.258. The average Bonchev–Trinajstić information content (AvgIpc) is 2.94. The van der Waals surface area contributed by atoms with Gasteiger partial charge in [0.1, 0.15) is 12.0 Å². The number of halogens is 1.